The number of carbonyl (C=O) groups is 3. The SMILES string of the molecule is CC[C@]1(O)C[C@H]2CN(CCC3=C(Bc4ccc(N)cc43)[C@@](C(=O)OC)(C3C=C4C(=CC3OC)N(C)[C@H]3[C@@](O)(C(=O)OC)[C@H](OC(C)=O)[C@]5(CC)C=CCN6CC[C@]43[C@@H]65)C2)C1. The molecule has 6 aliphatic heterocycles. The number of hydrogen-bond donors (Lipinski definition) is 3. The largest absolute Gasteiger partial charge is 0.468 e. The third-order valence-electron chi connectivity index (χ3n) is 16.5. The van der Waals surface area contributed by atoms with Gasteiger partial charge in [0.25, 0.3) is 0 Å². The van der Waals surface area contributed by atoms with Crippen LogP contribution in [0.3, 0.4) is 0 Å². The molecule has 14 heteroatoms. The van der Waals surface area contributed by atoms with Crippen molar-refractivity contribution in [3.63, 3.8) is 0 Å². The molecule has 2 bridgehead atoms. The van der Waals surface area contributed by atoms with Gasteiger partial charge in [-0.25, -0.2) is 4.79 Å². The summed E-state index contributed by atoms with van der Waals surface area (Å²) in [5.74, 6) is -2.45. The molecule has 1 spiro atoms. The number of likely N-dealkylation sites (N-methyl/N-ethyl adjacent to an activating group) is 1. The summed E-state index contributed by atoms with van der Waals surface area (Å²) in [6.45, 7) is 8.73. The first kappa shape index (κ1) is 41.4. The maximum atomic E-state index is 15.4. The van der Waals surface area contributed by atoms with Crippen LogP contribution in [-0.2, 0) is 33.3 Å². The molecule has 3 unspecified atom stereocenters. The number of fused-ring (bicyclic) bond motifs is 5. The number of esters is 3. The monoisotopic (exact) mass is 824 g/mol. The average Bonchev–Trinajstić information content (AvgIpc) is 3.89. The highest BCUT2D eigenvalue weighted by Crippen LogP contribution is 2.70. The third kappa shape index (κ3) is 5.39. The highest BCUT2D eigenvalue weighted by molar-refractivity contribution is 6.67. The lowest BCUT2D eigenvalue weighted by Crippen LogP contribution is -2.79. The van der Waals surface area contributed by atoms with E-state index in [9.17, 15) is 19.8 Å². The standard InChI is InChI=1S/C46H61BN4O9/c1-8-42(55)22-27-23-45(40(53)58-6,36-29(13-17-50(24-27)25-42)30-19-28(48)11-12-33(30)47-36)32-20-31-34(21-35(32)57-5)49(4)38-44(31)15-18-51-16-10-14-43(9-2,37(44)51)39(60-26(3)52)46(38,56)41(54)59-7/h10-12,14,19-21,27,32,35,37-39,47,55-56H,8-9,13,15-18,22-25,48H2,1-7H3/t27-,32?,35?,37+,38-,39-,42+,43-,44-,45+,46+/m1/s1. The first-order valence-corrected chi connectivity index (χ1v) is 21.9. The van der Waals surface area contributed by atoms with Crippen LogP contribution in [0.2, 0.25) is 0 Å². The number of nitrogen functional groups attached to an aromatic ring is 1. The Labute approximate surface area is 353 Å². The molecule has 1 saturated carbocycles. The normalized spacial score (nSPS) is 41.2. The van der Waals surface area contributed by atoms with E-state index in [0.717, 1.165) is 46.4 Å². The van der Waals surface area contributed by atoms with Gasteiger partial charge in [-0.1, -0.05) is 49.1 Å². The number of ether oxygens (including phenoxy) is 4. The van der Waals surface area contributed by atoms with Gasteiger partial charge >= 0.3 is 17.9 Å². The highest BCUT2D eigenvalue weighted by Gasteiger charge is 2.81. The van der Waals surface area contributed by atoms with Crippen molar-refractivity contribution in [3.8, 4) is 0 Å². The van der Waals surface area contributed by atoms with Crippen LogP contribution < -0.4 is 11.2 Å². The predicted molar refractivity (Wildman–Crippen MR) is 227 cm³/mol. The lowest BCUT2D eigenvalue weighted by Gasteiger charge is -2.63. The van der Waals surface area contributed by atoms with Gasteiger partial charge in [0.05, 0.1) is 37.4 Å². The molecular weight excluding hydrogens is 763 g/mol. The summed E-state index contributed by atoms with van der Waals surface area (Å²) in [6, 6.07) is 4.85. The second-order valence-corrected chi connectivity index (χ2v) is 19.1. The number of likely N-dealkylation sites (tertiary alicyclic amines) is 1. The molecule has 4 fully saturated rings. The molecule has 2 aliphatic carbocycles. The number of piperidine rings is 1. The van der Waals surface area contributed by atoms with Gasteiger partial charge in [-0.05, 0) is 85.9 Å². The quantitative estimate of drug-likeness (QED) is 0.121. The minimum atomic E-state index is -2.28. The number of benzene rings is 1. The number of nitrogens with zero attached hydrogens (tertiary/aromatic N) is 3. The fourth-order valence-corrected chi connectivity index (χ4v) is 14.4. The number of allylic oxidation sites excluding steroid dienone is 1. The zero-order chi connectivity index (χ0) is 42.7. The molecule has 1 aromatic carbocycles. The number of rotatable bonds is 7. The van der Waals surface area contributed by atoms with E-state index in [4.69, 9.17) is 24.7 Å². The summed E-state index contributed by atoms with van der Waals surface area (Å²) < 4.78 is 24.2. The Kier molecular flexibility index (Phi) is 9.87. The summed E-state index contributed by atoms with van der Waals surface area (Å²) in [7, 11) is 6.83. The average molecular weight is 825 g/mol. The van der Waals surface area contributed by atoms with Crippen LogP contribution in [0.5, 0.6) is 0 Å². The summed E-state index contributed by atoms with van der Waals surface area (Å²) in [4.78, 5) is 49.7. The van der Waals surface area contributed by atoms with E-state index in [1.807, 2.05) is 37.9 Å². The molecular formula is C46H61BN4O9. The molecule has 0 radical (unpaired) electrons. The molecule has 60 heavy (non-hydrogen) atoms. The van der Waals surface area contributed by atoms with Crippen LogP contribution in [0.25, 0.3) is 5.57 Å². The topological polar surface area (TPSA) is 164 Å². The van der Waals surface area contributed by atoms with Crippen molar-refractivity contribution < 1.29 is 43.5 Å². The first-order valence-electron chi connectivity index (χ1n) is 21.9. The van der Waals surface area contributed by atoms with Crippen LogP contribution in [0, 0.1) is 28.1 Å². The van der Waals surface area contributed by atoms with E-state index >= 15 is 4.79 Å². The van der Waals surface area contributed by atoms with Crippen LogP contribution in [0.15, 0.2) is 59.2 Å². The minimum absolute atomic E-state index is 0.0522. The number of hydrogen-bond acceptors (Lipinski definition) is 13. The lowest BCUT2D eigenvalue weighted by molar-refractivity contribution is -0.243. The number of carbonyl (C=O) groups excluding carboxylic acids is 3. The van der Waals surface area contributed by atoms with E-state index in [-0.39, 0.29) is 17.9 Å². The maximum absolute atomic E-state index is 15.4. The highest BCUT2D eigenvalue weighted by atomic mass is 16.6. The lowest BCUT2D eigenvalue weighted by atomic mass is 9.46. The number of aliphatic hydroxyl groups is 2. The first-order chi connectivity index (χ1) is 28.6. The Bertz CT molecular complexity index is 2140. The number of methoxy groups -OCH3 is 3. The van der Waals surface area contributed by atoms with Crippen molar-refractivity contribution in [2.75, 3.05) is 66.8 Å². The van der Waals surface area contributed by atoms with Gasteiger partial charge in [0.1, 0.15) is 0 Å². The molecule has 0 aromatic heterocycles. The molecule has 0 amide bonds. The van der Waals surface area contributed by atoms with Gasteiger partial charge in [0, 0.05) is 81.4 Å². The van der Waals surface area contributed by atoms with Crippen molar-refractivity contribution in [1.82, 2.24) is 14.7 Å². The van der Waals surface area contributed by atoms with Crippen molar-refractivity contribution in [3.05, 3.63) is 64.8 Å². The Hall–Kier alpha value is -3.95. The van der Waals surface area contributed by atoms with Gasteiger partial charge < -0.3 is 39.8 Å². The summed E-state index contributed by atoms with van der Waals surface area (Å²) in [6.07, 6.45) is 9.86. The van der Waals surface area contributed by atoms with Crippen molar-refractivity contribution in [2.45, 2.75) is 94.8 Å². The van der Waals surface area contributed by atoms with Gasteiger partial charge in [0.2, 0.25) is 5.60 Å². The summed E-state index contributed by atoms with van der Waals surface area (Å²) in [5, 5.41) is 25.4. The van der Waals surface area contributed by atoms with Crippen molar-refractivity contribution in [2.24, 2.45) is 28.1 Å². The van der Waals surface area contributed by atoms with E-state index in [1.165, 1.54) is 21.1 Å². The van der Waals surface area contributed by atoms with Gasteiger partial charge in [-0.2, -0.15) is 0 Å². The molecule has 6 heterocycles. The second-order valence-electron chi connectivity index (χ2n) is 19.1. The van der Waals surface area contributed by atoms with Gasteiger partial charge in [0.15, 0.2) is 13.4 Å². The Morgan fingerprint density at radius 2 is 1.77 bits per heavy atom. The van der Waals surface area contributed by atoms with Crippen LogP contribution in [-0.4, -0.2) is 147 Å². The smallest absolute Gasteiger partial charge is 0.344 e. The minimum Gasteiger partial charge on any atom is -0.468 e. The molecule has 9 rings (SSSR count). The van der Waals surface area contributed by atoms with E-state index in [1.54, 1.807) is 7.11 Å². The van der Waals surface area contributed by atoms with E-state index in [0.29, 0.717) is 71.1 Å². The van der Waals surface area contributed by atoms with Gasteiger partial charge in [-0.15, -0.1) is 0 Å². The van der Waals surface area contributed by atoms with E-state index < -0.39 is 63.6 Å². The molecule has 1 aromatic rings. The van der Waals surface area contributed by atoms with Crippen molar-refractivity contribution >= 4 is 41.9 Å². The number of anilines is 1. The summed E-state index contributed by atoms with van der Waals surface area (Å²) >= 11 is 0. The predicted octanol–water partition coefficient (Wildman–Crippen LogP) is 2.12. The van der Waals surface area contributed by atoms with Crippen LogP contribution >= 0.6 is 0 Å². The van der Waals surface area contributed by atoms with Gasteiger partial charge in [-0.3, -0.25) is 19.4 Å². The molecule has 4 N–H and O–H groups in total. The Balaban J connectivity index is 1.32. The van der Waals surface area contributed by atoms with E-state index in [2.05, 4.69) is 40.2 Å². The molecule has 322 valence electrons. The fourth-order valence-electron chi connectivity index (χ4n) is 14.4. The van der Waals surface area contributed by atoms with Crippen LogP contribution in [0.4, 0.5) is 5.69 Å². The Morgan fingerprint density at radius 1 is 1.00 bits per heavy atom. The molecule has 13 nitrogen and oxygen atoms in total. The molecule has 8 aliphatic rings. The molecule has 3 saturated heterocycles. The third-order valence-corrected chi connectivity index (χ3v) is 16.5. The maximum Gasteiger partial charge on any atom is 0.344 e. The number of nitrogens with two attached hydrogens (primary N) is 1. The Morgan fingerprint density at radius 3 is 2.45 bits per heavy atom. The summed E-state index contributed by atoms with van der Waals surface area (Å²) in [5.41, 5.74) is 6.86. The molecule has 12 atom stereocenters. The zero-order valence-corrected chi connectivity index (χ0v) is 36.2. The second kappa shape index (κ2) is 14.3. The van der Waals surface area contributed by atoms with Crippen LogP contribution in [0.1, 0.15) is 64.9 Å². The van der Waals surface area contributed by atoms with Crippen molar-refractivity contribution in [1.29, 1.82) is 0 Å². The zero-order valence-electron chi connectivity index (χ0n) is 36.2. The fraction of sp³-hybridized carbons (Fsp3) is 0.630.